The Bertz CT molecular complexity index is 1450. The largest absolute Gasteiger partial charge is 0.493 e. The number of pyridine rings is 1. The average molecular weight is 436 g/mol. The zero-order chi connectivity index (χ0) is 22.3. The highest BCUT2D eigenvalue weighted by Gasteiger charge is 2.42. The lowest BCUT2D eigenvalue weighted by Crippen LogP contribution is -2.33. The van der Waals surface area contributed by atoms with E-state index >= 15 is 0 Å². The molecule has 0 aliphatic rings. The van der Waals surface area contributed by atoms with Crippen LogP contribution >= 0.6 is 0 Å². The predicted molar refractivity (Wildman–Crippen MR) is 112 cm³/mol. The fraction of sp³-hybridized carbons (Fsp3) is 0.0870. The number of rotatable bonds is 4. The van der Waals surface area contributed by atoms with Gasteiger partial charge in [0, 0.05) is 29.5 Å². The van der Waals surface area contributed by atoms with Crippen molar-refractivity contribution in [3.63, 3.8) is 0 Å². The van der Waals surface area contributed by atoms with Crippen molar-refractivity contribution in [2.45, 2.75) is 12.7 Å². The highest BCUT2D eigenvalue weighted by Crippen LogP contribution is 2.28. The summed E-state index contributed by atoms with van der Waals surface area (Å²) in [6.45, 7) is 0.559. The summed E-state index contributed by atoms with van der Waals surface area (Å²) in [6.07, 6.45) is 1.09. The van der Waals surface area contributed by atoms with Crippen LogP contribution in [0.3, 0.4) is 0 Å². The molecule has 0 amide bonds. The molecule has 0 radical (unpaired) electrons. The van der Waals surface area contributed by atoms with Crippen LogP contribution < -0.4 is 4.84 Å². The van der Waals surface area contributed by atoms with Crippen LogP contribution in [0.4, 0.5) is 13.2 Å². The molecular weight excluding hydrogens is 421 g/mol. The molecule has 0 atom stereocenters. The first-order valence-electron chi connectivity index (χ1n) is 9.64. The van der Waals surface area contributed by atoms with Gasteiger partial charge in [-0.3, -0.25) is 4.68 Å². The first kappa shape index (κ1) is 19.8. The number of carbonyl (C=O) groups excluding carboxylic acids is 1. The molecule has 5 rings (SSSR count). The van der Waals surface area contributed by atoms with Crippen molar-refractivity contribution < 1.29 is 22.8 Å². The van der Waals surface area contributed by atoms with Gasteiger partial charge in [0.1, 0.15) is 0 Å². The van der Waals surface area contributed by atoms with E-state index in [0.29, 0.717) is 22.2 Å². The Morgan fingerprint density at radius 2 is 1.84 bits per heavy atom. The summed E-state index contributed by atoms with van der Waals surface area (Å²) in [5, 5.41) is 7.25. The van der Waals surface area contributed by atoms with Gasteiger partial charge in [0.25, 0.3) is 0 Å². The number of hydrogen-bond acceptors (Lipinski definition) is 4. The van der Waals surface area contributed by atoms with E-state index in [-0.39, 0.29) is 5.65 Å². The second-order valence-electron chi connectivity index (χ2n) is 7.22. The third kappa shape index (κ3) is 3.68. The Morgan fingerprint density at radius 1 is 1.03 bits per heavy atom. The minimum Gasteiger partial charge on any atom is -0.326 e. The normalized spacial score (nSPS) is 11.8. The molecule has 0 unspecified atom stereocenters. The molecule has 0 aliphatic carbocycles. The van der Waals surface area contributed by atoms with Gasteiger partial charge in [-0.2, -0.15) is 23.0 Å². The fourth-order valence-electron chi connectivity index (χ4n) is 3.59. The predicted octanol–water partition coefficient (Wildman–Crippen LogP) is 4.62. The number of carbonyl (C=O) groups is 1. The monoisotopic (exact) mass is 436 g/mol. The highest BCUT2D eigenvalue weighted by molar-refractivity contribution is 5.93. The van der Waals surface area contributed by atoms with Crippen molar-refractivity contribution >= 4 is 27.8 Å². The van der Waals surface area contributed by atoms with Gasteiger partial charge >= 0.3 is 12.1 Å². The molecule has 32 heavy (non-hydrogen) atoms. The molecule has 0 saturated heterocycles. The number of aromatic nitrogens is 4. The smallest absolute Gasteiger partial charge is 0.326 e. The minimum absolute atomic E-state index is 0.0994. The molecule has 3 heterocycles. The van der Waals surface area contributed by atoms with Gasteiger partial charge in [-0.15, -0.1) is 0 Å². The zero-order valence-electron chi connectivity index (χ0n) is 16.5. The van der Waals surface area contributed by atoms with Crippen molar-refractivity contribution in [2.24, 2.45) is 0 Å². The van der Waals surface area contributed by atoms with Crippen LogP contribution in [0, 0.1) is 0 Å². The molecule has 0 aliphatic heterocycles. The van der Waals surface area contributed by atoms with Gasteiger partial charge in [-0.05, 0) is 40.1 Å². The summed E-state index contributed by atoms with van der Waals surface area (Å²) >= 11 is 0. The lowest BCUT2D eigenvalue weighted by Gasteiger charge is -2.08. The molecule has 0 N–H and O–H groups in total. The van der Waals surface area contributed by atoms with Gasteiger partial charge in [0.15, 0.2) is 5.65 Å². The molecule has 160 valence electrons. The topological polar surface area (TPSA) is 61.9 Å². The lowest BCUT2D eigenvalue weighted by atomic mass is 10.1. The first-order valence-corrected chi connectivity index (χ1v) is 9.64. The van der Waals surface area contributed by atoms with E-state index < -0.39 is 12.1 Å². The number of benzene rings is 2. The highest BCUT2D eigenvalue weighted by atomic mass is 19.4. The summed E-state index contributed by atoms with van der Waals surface area (Å²) in [6, 6.07) is 17.6. The first-order chi connectivity index (χ1) is 15.4. The van der Waals surface area contributed by atoms with Crippen LogP contribution in [-0.4, -0.2) is 31.6 Å². The van der Waals surface area contributed by atoms with Gasteiger partial charge in [0.05, 0.1) is 12.7 Å². The maximum atomic E-state index is 12.5. The van der Waals surface area contributed by atoms with Gasteiger partial charge in [-0.25, -0.2) is 9.78 Å². The Morgan fingerprint density at radius 3 is 2.66 bits per heavy atom. The van der Waals surface area contributed by atoms with E-state index in [9.17, 15) is 18.0 Å². The fourth-order valence-corrected chi connectivity index (χ4v) is 3.59. The van der Waals surface area contributed by atoms with Crippen molar-refractivity contribution in [1.29, 1.82) is 0 Å². The molecule has 6 nitrogen and oxygen atoms in total. The van der Waals surface area contributed by atoms with Crippen LogP contribution in [-0.2, 0) is 11.3 Å². The maximum Gasteiger partial charge on any atom is 0.493 e. The molecule has 0 fully saturated rings. The Hall–Kier alpha value is -4.14. The van der Waals surface area contributed by atoms with Gasteiger partial charge < -0.3 is 4.84 Å². The minimum atomic E-state index is -5.10. The number of nitrogens with zero attached hydrogens (tertiary/aromatic N) is 4. The molecule has 3 aromatic heterocycles. The van der Waals surface area contributed by atoms with E-state index in [1.807, 2.05) is 24.4 Å². The summed E-state index contributed by atoms with van der Waals surface area (Å²) in [4.78, 5) is 19.6. The standard InChI is InChI=1S/C23H15F3N4O2/c24-23(25,26)22(31)32-30-10-8-20-19(7-9-27-21(20)30)18-12-28-29(14-18)13-15-5-6-16-3-1-2-4-17(16)11-15/h1-12,14H,13H2. The molecule has 0 saturated carbocycles. The van der Waals surface area contributed by atoms with E-state index in [0.717, 1.165) is 21.9 Å². The van der Waals surface area contributed by atoms with Gasteiger partial charge in [-0.1, -0.05) is 36.4 Å². The van der Waals surface area contributed by atoms with E-state index in [4.69, 9.17) is 0 Å². The number of hydrogen-bond donors (Lipinski definition) is 0. The van der Waals surface area contributed by atoms with Crippen LogP contribution in [0.25, 0.3) is 32.9 Å². The number of alkyl halides is 3. The molecule has 9 heteroatoms. The molecule has 0 spiro atoms. The zero-order valence-corrected chi connectivity index (χ0v) is 16.5. The van der Waals surface area contributed by atoms with Crippen molar-refractivity contribution in [3.8, 4) is 11.1 Å². The van der Waals surface area contributed by atoms with Crippen LogP contribution in [0.2, 0.25) is 0 Å². The van der Waals surface area contributed by atoms with Crippen LogP contribution in [0.5, 0.6) is 0 Å². The Labute approximate surface area is 179 Å². The summed E-state index contributed by atoms with van der Waals surface area (Å²) < 4.78 is 40.1. The maximum absolute atomic E-state index is 12.5. The quantitative estimate of drug-likeness (QED) is 0.413. The van der Waals surface area contributed by atoms with Crippen molar-refractivity contribution in [3.05, 3.63) is 84.9 Å². The molecule has 2 aromatic carbocycles. The molecule has 0 bridgehead atoms. The molecule has 5 aromatic rings. The van der Waals surface area contributed by atoms with Gasteiger partial charge in [0.2, 0.25) is 0 Å². The summed E-state index contributed by atoms with van der Waals surface area (Å²) in [7, 11) is 0. The van der Waals surface area contributed by atoms with Crippen LogP contribution in [0.1, 0.15) is 5.56 Å². The SMILES string of the molecule is O=C(On1ccc2c(-c3cnn(Cc4ccc5ccccc5c4)c3)ccnc21)C(F)(F)F. The second kappa shape index (κ2) is 7.52. The number of halogens is 3. The van der Waals surface area contributed by atoms with E-state index in [2.05, 4.69) is 39.2 Å². The van der Waals surface area contributed by atoms with Crippen molar-refractivity contribution in [2.75, 3.05) is 0 Å². The average Bonchev–Trinajstić information content (AvgIpc) is 3.40. The summed E-state index contributed by atoms with van der Waals surface area (Å²) in [5.41, 5.74) is 2.66. The lowest BCUT2D eigenvalue weighted by molar-refractivity contribution is -0.199. The van der Waals surface area contributed by atoms with E-state index in [1.54, 1.807) is 23.0 Å². The van der Waals surface area contributed by atoms with Crippen LogP contribution in [0.15, 0.2) is 79.4 Å². The second-order valence-corrected chi connectivity index (χ2v) is 7.22. The Balaban J connectivity index is 1.43. The van der Waals surface area contributed by atoms with E-state index in [1.165, 1.54) is 12.4 Å². The third-order valence-electron chi connectivity index (χ3n) is 5.07. The number of fused-ring (bicyclic) bond motifs is 2. The Kier molecular flexibility index (Phi) is 4.66. The summed E-state index contributed by atoms with van der Waals surface area (Å²) in [5.74, 6) is -2.31. The van der Waals surface area contributed by atoms with Crippen molar-refractivity contribution in [1.82, 2.24) is 19.5 Å². The third-order valence-corrected chi connectivity index (χ3v) is 5.07. The molecular formula is C23H15F3N4O2.